The number of H-pyrrole nitrogens is 1. The van der Waals surface area contributed by atoms with E-state index in [1.807, 2.05) is 45.0 Å². The van der Waals surface area contributed by atoms with E-state index in [0.29, 0.717) is 29.3 Å². The quantitative estimate of drug-likeness (QED) is 0.503. The second-order valence-corrected chi connectivity index (χ2v) is 10.4. The number of aromatic nitrogens is 2. The van der Waals surface area contributed by atoms with Gasteiger partial charge in [-0.3, -0.25) is 14.6 Å². The van der Waals surface area contributed by atoms with Gasteiger partial charge in [0, 0.05) is 42.6 Å². The number of hydrogen-bond acceptors (Lipinski definition) is 7. The van der Waals surface area contributed by atoms with Crippen LogP contribution in [0.15, 0.2) is 29.1 Å². The third-order valence-corrected chi connectivity index (χ3v) is 7.63. The highest BCUT2D eigenvalue weighted by atomic mass is 35.5. The van der Waals surface area contributed by atoms with Crippen molar-refractivity contribution in [3.05, 3.63) is 61.5 Å². The SMILES string of the molecule is Cc1sc2nc(CN3CCN(C[C@H](O)CO[C@H](C)c4ccc(Cl)cc4)CC3)[nH]c(=O)c2c1C. The van der Waals surface area contributed by atoms with Gasteiger partial charge in [0.15, 0.2) is 0 Å². The van der Waals surface area contributed by atoms with E-state index < -0.39 is 6.10 Å². The molecule has 0 radical (unpaired) electrons. The van der Waals surface area contributed by atoms with Crippen molar-refractivity contribution in [2.45, 2.75) is 39.5 Å². The molecule has 178 valence electrons. The molecule has 1 aliphatic rings. The zero-order valence-electron chi connectivity index (χ0n) is 19.3. The van der Waals surface area contributed by atoms with Crippen LogP contribution in [0.25, 0.3) is 10.2 Å². The lowest BCUT2D eigenvalue weighted by Crippen LogP contribution is -2.48. The Morgan fingerprint density at radius 2 is 1.85 bits per heavy atom. The minimum Gasteiger partial charge on any atom is -0.389 e. The predicted molar refractivity (Wildman–Crippen MR) is 133 cm³/mol. The molecule has 0 aliphatic carbocycles. The van der Waals surface area contributed by atoms with Gasteiger partial charge in [0.1, 0.15) is 10.7 Å². The Kier molecular flexibility index (Phi) is 7.83. The Hall–Kier alpha value is -1.81. The van der Waals surface area contributed by atoms with E-state index in [1.54, 1.807) is 11.3 Å². The fourth-order valence-electron chi connectivity index (χ4n) is 4.15. The number of thiophene rings is 1. The molecule has 9 heteroatoms. The first-order valence-corrected chi connectivity index (χ1v) is 12.5. The van der Waals surface area contributed by atoms with Crippen molar-refractivity contribution in [3.63, 3.8) is 0 Å². The summed E-state index contributed by atoms with van der Waals surface area (Å²) < 4.78 is 5.86. The molecular weight excluding hydrogens is 460 g/mol. The maximum Gasteiger partial charge on any atom is 0.259 e. The highest BCUT2D eigenvalue weighted by molar-refractivity contribution is 7.18. The number of aliphatic hydroxyl groups is 1. The third kappa shape index (κ3) is 6.01. The molecule has 0 unspecified atom stereocenters. The van der Waals surface area contributed by atoms with Crippen molar-refractivity contribution in [2.24, 2.45) is 0 Å². The zero-order chi connectivity index (χ0) is 23.5. The number of rotatable bonds is 8. The van der Waals surface area contributed by atoms with Gasteiger partial charge < -0.3 is 14.8 Å². The van der Waals surface area contributed by atoms with Crippen LogP contribution in [0.2, 0.25) is 5.02 Å². The monoisotopic (exact) mass is 490 g/mol. The van der Waals surface area contributed by atoms with E-state index >= 15 is 0 Å². The summed E-state index contributed by atoms with van der Waals surface area (Å²) >= 11 is 7.51. The summed E-state index contributed by atoms with van der Waals surface area (Å²) in [4.78, 5) is 26.7. The molecule has 2 atom stereocenters. The molecule has 1 aliphatic heterocycles. The maximum absolute atomic E-state index is 12.5. The molecule has 4 rings (SSSR count). The van der Waals surface area contributed by atoms with Gasteiger partial charge >= 0.3 is 0 Å². The van der Waals surface area contributed by atoms with Crippen molar-refractivity contribution in [1.82, 2.24) is 19.8 Å². The Morgan fingerprint density at radius 1 is 1.18 bits per heavy atom. The number of fused-ring (bicyclic) bond motifs is 1. The molecule has 1 aromatic carbocycles. The number of β-amino-alcohol motifs (C(OH)–C–C–N with tert-alkyl or cyclic N) is 1. The first-order valence-electron chi connectivity index (χ1n) is 11.3. The molecule has 0 spiro atoms. The first kappa shape index (κ1) is 24.3. The van der Waals surface area contributed by atoms with Crippen LogP contribution in [0.3, 0.4) is 0 Å². The minimum atomic E-state index is -0.544. The average molecular weight is 491 g/mol. The summed E-state index contributed by atoms with van der Waals surface area (Å²) in [5.74, 6) is 0.715. The number of ether oxygens (including phenoxy) is 1. The number of hydrogen-bond donors (Lipinski definition) is 2. The topological polar surface area (TPSA) is 81.7 Å². The summed E-state index contributed by atoms with van der Waals surface area (Å²) in [6.07, 6.45) is -0.645. The van der Waals surface area contributed by atoms with Gasteiger partial charge in [-0.15, -0.1) is 11.3 Å². The average Bonchev–Trinajstić information content (AvgIpc) is 3.07. The third-order valence-electron chi connectivity index (χ3n) is 6.27. The molecule has 1 saturated heterocycles. The number of aliphatic hydroxyl groups excluding tert-OH is 1. The largest absolute Gasteiger partial charge is 0.389 e. The van der Waals surface area contributed by atoms with Crippen molar-refractivity contribution in [1.29, 1.82) is 0 Å². The van der Waals surface area contributed by atoms with Crippen LogP contribution in [0, 0.1) is 13.8 Å². The number of aryl methyl sites for hydroxylation is 2. The van der Waals surface area contributed by atoms with E-state index in [9.17, 15) is 9.90 Å². The lowest BCUT2D eigenvalue weighted by molar-refractivity contribution is -0.0214. The number of nitrogens with one attached hydrogen (secondary N) is 1. The van der Waals surface area contributed by atoms with Crippen molar-refractivity contribution >= 4 is 33.2 Å². The molecule has 33 heavy (non-hydrogen) atoms. The number of halogens is 1. The van der Waals surface area contributed by atoms with Crippen LogP contribution < -0.4 is 5.56 Å². The Balaban J connectivity index is 1.23. The van der Waals surface area contributed by atoms with E-state index in [4.69, 9.17) is 21.3 Å². The van der Waals surface area contributed by atoms with Crippen LogP contribution in [-0.4, -0.2) is 70.3 Å². The minimum absolute atomic E-state index is 0.0496. The van der Waals surface area contributed by atoms with Gasteiger partial charge in [0.2, 0.25) is 0 Å². The Bertz CT molecular complexity index is 1140. The molecular formula is C24H31ClN4O3S. The van der Waals surface area contributed by atoms with Gasteiger partial charge in [-0.05, 0) is 44.0 Å². The fraction of sp³-hybridized carbons (Fsp3) is 0.500. The molecule has 2 aromatic heterocycles. The predicted octanol–water partition coefficient (Wildman–Crippen LogP) is 3.51. The Morgan fingerprint density at radius 3 is 2.55 bits per heavy atom. The molecule has 7 nitrogen and oxygen atoms in total. The Labute approximate surface area is 203 Å². The standard InChI is InChI=1S/C24H31ClN4O3S/c1-15-17(3)33-24-22(15)23(31)26-21(27-24)13-29-10-8-28(9-11-29)12-20(30)14-32-16(2)18-4-6-19(25)7-5-18/h4-7,16,20,30H,8-14H2,1-3H3,(H,26,27,31)/t16-,20+/m1/s1. The highest BCUT2D eigenvalue weighted by Crippen LogP contribution is 2.26. The number of nitrogens with zero attached hydrogens (tertiary/aromatic N) is 3. The number of benzene rings is 1. The molecule has 2 N–H and O–H groups in total. The van der Waals surface area contributed by atoms with E-state index in [2.05, 4.69) is 14.8 Å². The molecule has 0 saturated carbocycles. The van der Waals surface area contributed by atoms with E-state index in [-0.39, 0.29) is 18.3 Å². The van der Waals surface area contributed by atoms with Crippen LogP contribution in [0.5, 0.6) is 0 Å². The summed E-state index contributed by atoms with van der Waals surface area (Å²) in [5.41, 5.74) is 2.01. The van der Waals surface area contributed by atoms with Crippen molar-refractivity contribution in [2.75, 3.05) is 39.3 Å². The van der Waals surface area contributed by atoms with Crippen LogP contribution in [-0.2, 0) is 11.3 Å². The normalized spacial score (nSPS) is 17.5. The van der Waals surface area contributed by atoms with Gasteiger partial charge in [-0.25, -0.2) is 4.98 Å². The van der Waals surface area contributed by atoms with Gasteiger partial charge in [-0.2, -0.15) is 0 Å². The lowest BCUT2D eigenvalue weighted by Gasteiger charge is -2.35. The zero-order valence-corrected chi connectivity index (χ0v) is 20.9. The van der Waals surface area contributed by atoms with Gasteiger partial charge in [-0.1, -0.05) is 23.7 Å². The van der Waals surface area contributed by atoms with Crippen LogP contribution in [0.1, 0.15) is 34.9 Å². The molecule has 3 heterocycles. The summed E-state index contributed by atoms with van der Waals surface area (Å²) in [6.45, 7) is 10.9. The molecule has 0 amide bonds. The first-order chi connectivity index (χ1) is 15.8. The van der Waals surface area contributed by atoms with Gasteiger partial charge in [0.25, 0.3) is 5.56 Å². The smallest absolute Gasteiger partial charge is 0.259 e. The van der Waals surface area contributed by atoms with Crippen molar-refractivity contribution < 1.29 is 9.84 Å². The van der Waals surface area contributed by atoms with Crippen molar-refractivity contribution in [3.8, 4) is 0 Å². The summed E-state index contributed by atoms with van der Waals surface area (Å²) in [6, 6.07) is 7.58. The molecule has 0 bridgehead atoms. The maximum atomic E-state index is 12.5. The van der Waals surface area contributed by atoms with E-state index in [0.717, 1.165) is 47.0 Å². The second kappa shape index (κ2) is 10.6. The van der Waals surface area contributed by atoms with Gasteiger partial charge in [0.05, 0.1) is 30.7 Å². The van der Waals surface area contributed by atoms with E-state index in [1.165, 1.54) is 0 Å². The van der Waals surface area contributed by atoms with Crippen LogP contribution in [0.4, 0.5) is 0 Å². The highest BCUT2D eigenvalue weighted by Gasteiger charge is 2.21. The number of piperazine rings is 1. The van der Waals surface area contributed by atoms with Crippen LogP contribution >= 0.6 is 22.9 Å². The fourth-order valence-corrected chi connectivity index (χ4v) is 5.33. The molecule has 3 aromatic rings. The lowest BCUT2D eigenvalue weighted by atomic mass is 10.1. The number of aromatic amines is 1. The summed E-state index contributed by atoms with van der Waals surface area (Å²) in [7, 11) is 0. The summed E-state index contributed by atoms with van der Waals surface area (Å²) in [5, 5.41) is 11.9. The molecule has 1 fully saturated rings. The second-order valence-electron chi connectivity index (χ2n) is 8.73.